The monoisotopic (exact) mass is 319 g/mol. The summed E-state index contributed by atoms with van der Waals surface area (Å²) in [5, 5.41) is 0. The fourth-order valence-electron chi connectivity index (χ4n) is 0.0170. The molecule has 0 N–H and O–H groups in total. The van der Waals surface area contributed by atoms with E-state index in [2.05, 4.69) is 13.3 Å². The first-order chi connectivity index (χ1) is 2.81. The number of halogens is 1. The number of carbonyl (C=O) groups excluding carboxylic acids is 2. The van der Waals surface area contributed by atoms with Crippen molar-refractivity contribution in [3.8, 4) is 0 Å². The third-order valence-corrected chi connectivity index (χ3v) is 3.36. The van der Waals surface area contributed by atoms with Crippen molar-refractivity contribution in [2.24, 2.45) is 0 Å². The second kappa shape index (κ2) is 3.52. The van der Waals surface area contributed by atoms with Gasteiger partial charge >= 0.3 is 45.8 Å². The summed E-state index contributed by atoms with van der Waals surface area (Å²) in [6.07, 6.45) is 0. The Balaban J connectivity index is 4.81. The topological polar surface area (TPSA) is 34.1 Å². The molecule has 0 aliphatic rings. The summed E-state index contributed by atoms with van der Waals surface area (Å²) < 4.78 is 3.10. The van der Waals surface area contributed by atoms with Crippen LogP contribution in [0.1, 0.15) is 0 Å². The van der Waals surface area contributed by atoms with Gasteiger partial charge in [-0.1, -0.05) is 0 Å². The summed E-state index contributed by atoms with van der Waals surface area (Å²) >= 11 is 0.426. The molecule has 0 unspecified atom stereocenters. The molecule has 0 fully saturated rings. The molecule has 4 heteroatoms. The average molecular weight is 320 g/mol. The molecule has 6 heavy (non-hydrogen) atoms. The quantitative estimate of drug-likeness (QED) is 0.632. The third kappa shape index (κ3) is 2.56. The summed E-state index contributed by atoms with van der Waals surface area (Å²) in [6.45, 7) is 0. The van der Waals surface area contributed by atoms with Crippen molar-refractivity contribution in [3.63, 3.8) is 0 Å². The molecular formula is C2BrO2W. The van der Waals surface area contributed by atoms with Crippen LogP contribution in [0.15, 0.2) is 0 Å². The molecule has 33 valence electrons. The molecule has 0 spiro atoms. The summed E-state index contributed by atoms with van der Waals surface area (Å²) in [7, 11) is 0. The Morgan fingerprint density at radius 3 is 1.67 bits per heavy atom. The fourth-order valence-corrected chi connectivity index (χ4v) is 0.139. The fraction of sp³-hybridized carbons (Fsp3) is 0. The van der Waals surface area contributed by atoms with E-state index in [4.69, 9.17) is 0 Å². The summed E-state index contributed by atoms with van der Waals surface area (Å²) in [4.78, 5) is 18.8. The third-order valence-electron chi connectivity index (χ3n) is 0.146. The van der Waals surface area contributed by atoms with Crippen LogP contribution in [0, 0.1) is 0 Å². The van der Waals surface area contributed by atoms with Crippen molar-refractivity contribution < 1.29 is 23.9 Å². The zero-order chi connectivity index (χ0) is 4.99. The molecule has 0 bridgehead atoms. The van der Waals surface area contributed by atoms with E-state index in [1.54, 1.807) is 8.53 Å². The molecular weight excluding hydrogens is 320 g/mol. The summed E-state index contributed by atoms with van der Waals surface area (Å²) in [5.41, 5.74) is 0. The van der Waals surface area contributed by atoms with E-state index >= 15 is 0 Å². The van der Waals surface area contributed by atoms with Crippen molar-refractivity contribution in [3.05, 3.63) is 0 Å². The van der Waals surface area contributed by atoms with Crippen LogP contribution in [0.25, 0.3) is 0 Å². The number of hydrogen-bond acceptors (Lipinski definition) is 2. The first-order valence-electron chi connectivity index (χ1n) is 0.971. The SMILES string of the molecule is O=[C]=[W]([Br])=[C]=O. The predicted molar refractivity (Wildman–Crippen MR) is 20.3 cm³/mol. The second-order valence-corrected chi connectivity index (χ2v) is 8.76. The first-order valence-corrected chi connectivity index (χ1v) is 10.3. The Morgan fingerprint density at radius 2 is 1.67 bits per heavy atom. The van der Waals surface area contributed by atoms with Crippen LogP contribution in [-0.4, -0.2) is 8.53 Å². The molecule has 0 saturated carbocycles. The first kappa shape index (κ1) is 6.33. The van der Waals surface area contributed by atoms with Gasteiger partial charge in [-0.25, -0.2) is 0 Å². The van der Waals surface area contributed by atoms with Gasteiger partial charge in [-0.15, -0.1) is 0 Å². The van der Waals surface area contributed by atoms with Crippen LogP contribution in [0.5, 0.6) is 0 Å². The average Bonchev–Trinajstić information content (AvgIpc) is 1.65. The van der Waals surface area contributed by atoms with Crippen LogP contribution < -0.4 is 0 Å². The standard InChI is InChI=1S/2CO.BrH.W/c2*1-2;;/h;;1H;/q;;;+1/p-1. The van der Waals surface area contributed by atoms with Crippen molar-refractivity contribution in [2.75, 3.05) is 0 Å². The molecule has 0 saturated heterocycles. The van der Waals surface area contributed by atoms with Crippen LogP contribution in [-0.2, 0) is 23.9 Å². The molecule has 0 atom stereocenters. The zero-order valence-corrected chi connectivity index (χ0v) is 7.12. The molecule has 0 aromatic rings. The van der Waals surface area contributed by atoms with Gasteiger partial charge in [0.05, 0.1) is 0 Å². The molecule has 0 heterocycles. The van der Waals surface area contributed by atoms with Crippen LogP contribution in [0.4, 0.5) is 0 Å². The Kier molecular flexibility index (Phi) is 3.71. The normalized spacial score (nSPS) is 5.50. The van der Waals surface area contributed by atoms with Gasteiger partial charge in [0.2, 0.25) is 0 Å². The maximum absolute atomic E-state index is 9.39. The van der Waals surface area contributed by atoms with Crippen LogP contribution >= 0.6 is 13.3 Å². The van der Waals surface area contributed by atoms with Crippen LogP contribution in [0.2, 0.25) is 0 Å². The van der Waals surface area contributed by atoms with Crippen LogP contribution in [0.3, 0.4) is 0 Å². The Labute approximate surface area is 45.9 Å². The molecule has 0 amide bonds. The number of rotatable bonds is 0. The van der Waals surface area contributed by atoms with E-state index in [-0.39, 0.29) is 0 Å². The second-order valence-electron chi connectivity index (χ2n) is 0.423. The van der Waals surface area contributed by atoms with Gasteiger partial charge in [-0.3, -0.25) is 0 Å². The molecule has 2 nitrogen and oxygen atoms in total. The van der Waals surface area contributed by atoms with E-state index in [9.17, 15) is 9.59 Å². The molecule has 0 rings (SSSR count). The van der Waals surface area contributed by atoms with Gasteiger partial charge < -0.3 is 0 Å². The minimum absolute atomic E-state index is 1.55. The van der Waals surface area contributed by atoms with E-state index in [1.807, 2.05) is 0 Å². The van der Waals surface area contributed by atoms with Gasteiger partial charge in [-0.05, 0) is 0 Å². The maximum atomic E-state index is 9.39. The van der Waals surface area contributed by atoms with Gasteiger partial charge in [0.1, 0.15) is 0 Å². The number of hydrogen-bond donors (Lipinski definition) is 0. The predicted octanol–water partition coefficient (Wildman–Crippen LogP) is 0.0489. The Hall–Kier alpha value is 0.328. The zero-order valence-electron chi connectivity index (χ0n) is 2.60. The van der Waals surface area contributed by atoms with E-state index in [0.717, 1.165) is 0 Å². The molecule has 0 radical (unpaired) electrons. The van der Waals surface area contributed by atoms with Crippen molar-refractivity contribution in [2.45, 2.75) is 0 Å². The van der Waals surface area contributed by atoms with Gasteiger partial charge in [0.25, 0.3) is 0 Å². The van der Waals surface area contributed by atoms with Crippen molar-refractivity contribution in [1.29, 1.82) is 0 Å². The Morgan fingerprint density at radius 1 is 1.33 bits per heavy atom. The van der Waals surface area contributed by atoms with Gasteiger partial charge in [0.15, 0.2) is 0 Å². The Bertz CT molecular complexity index is 140. The van der Waals surface area contributed by atoms with E-state index in [0.29, 0.717) is 0 Å². The molecule has 0 aromatic carbocycles. The van der Waals surface area contributed by atoms with E-state index in [1.165, 1.54) is 0 Å². The van der Waals surface area contributed by atoms with Gasteiger partial charge in [0, 0.05) is 0 Å². The van der Waals surface area contributed by atoms with E-state index < -0.39 is 14.3 Å². The van der Waals surface area contributed by atoms with Gasteiger partial charge in [-0.2, -0.15) is 0 Å². The summed E-state index contributed by atoms with van der Waals surface area (Å²) in [5.74, 6) is 0. The molecule has 0 aliphatic heterocycles. The molecule has 0 aromatic heterocycles. The minimum atomic E-state index is -2.40. The van der Waals surface area contributed by atoms with Crippen molar-refractivity contribution >= 4 is 21.8 Å². The van der Waals surface area contributed by atoms with Crippen molar-refractivity contribution in [1.82, 2.24) is 0 Å². The summed E-state index contributed by atoms with van der Waals surface area (Å²) in [6, 6.07) is 0. The molecule has 0 aliphatic carbocycles.